The summed E-state index contributed by atoms with van der Waals surface area (Å²) in [5.41, 5.74) is 0.768. The quantitative estimate of drug-likeness (QED) is 0.313. The summed E-state index contributed by atoms with van der Waals surface area (Å²) in [6.07, 6.45) is 7.42. The lowest BCUT2D eigenvalue weighted by Gasteiger charge is -2.23. The SMILES string of the molecule is C=C(C)C(=O)O/C=C(\C(=O)OCCC1CO1)C1CCCCC1. The third kappa shape index (κ3) is 5.30. The molecule has 0 aromatic heterocycles. The van der Waals surface area contributed by atoms with Crippen LogP contribution in [0.5, 0.6) is 0 Å². The van der Waals surface area contributed by atoms with Gasteiger partial charge in [0.05, 0.1) is 24.9 Å². The molecule has 1 aliphatic heterocycles. The first kappa shape index (κ1) is 16.7. The van der Waals surface area contributed by atoms with E-state index in [1.165, 1.54) is 12.7 Å². The molecule has 1 heterocycles. The van der Waals surface area contributed by atoms with E-state index in [0.717, 1.165) is 38.7 Å². The number of carbonyl (C=O) groups excluding carboxylic acids is 2. The van der Waals surface area contributed by atoms with Crippen LogP contribution in [-0.4, -0.2) is 31.3 Å². The summed E-state index contributed by atoms with van der Waals surface area (Å²) in [5, 5.41) is 0. The highest BCUT2D eigenvalue weighted by Crippen LogP contribution is 2.30. The average Bonchev–Trinajstić information content (AvgIpc) is 3.32. The monoisotopic (exact) mass is 308 g/mol. The summed E-state index contributed by atoms with van der Waals surface area (Å²) in [6, 6.07) is 0. The molecule has 0 bridgehead atoms. The van der Waals surface area contributed by atoms with E-state index in [9.17, 15) is 9.59 Å². The number of epoxide rings is 1. The molecule has 2 aliphatic rings. The molecule has 0 N–H and O–H groups in total. The fraction of sp³-hybridized carbons (Fsp3) is 0.647. The van der Waals surface area contributed by atoms with Gasteiger partial charge < -0.3 is 14.2 Å². The van der Waals surface area contributed by atoms with Crippen molar-refractivity contribution in [3.63, 3.8) is 0 Å². The molecule has 1 saturated carbocycles. The van der Waals surface area contributed by atoms with E-state index < -0.39 is 5.97 Å². The number of hydrogen-bond acceptors (Lipinski definition) is 5. The fourth-order valence-electron chi connectivity index (χ4n) is 2.54. The molecule has 122 valence electrons. The van der Waals surface area contributed by atoms with Gasteiger partial charge in [-0.2, -0.15) is 0 Å². The highest BCUT2D eigenvalue weighted by atomic mass is 16.6. The smallest absolute Gasteiger partial charge is 0.337 e. The van der Waals surface area contributed by atoms with Gasteiger partial charge in [0.1, 0.15) is 6.26 Å². The zero-order chi connectivity index (χ0) is 15.9. The maximum atomic E-state index is 12.3. The summed E-state index contributed by atoms with van der Waals surface area (Å²) in [4.78, 5) is 23.8. The van der Waals surface area contributed by atoms with Crippen molar-refractivity contribution >= 4 is 11.9 Å². The van der Waals surface area contributed by atoms with E-state index >= 15 is 0 Å². The van der Waals surface area contributed by atoms with Crippen molar-refractivity contribution in [3.05, 3.63) is 24.0 Å². The van der Waals surface area contributed by atoms with Crippen molar-refractivity contribution in [1.82, 2.24) is 0 Å². The zero-order valence-electron chi connectivity index (χ0n) is 13.1. The predicted octanol–water partition coefficient (Wildman–Crippen LogP) is 2.90. The van der Waals surface area contributed by atoms with Crippen LogP contribution < -0.4 is 0 Å². The van der Waals surface area contributed by atoms with Crippen LogP contribution in [-0.2, 0) is 23.8 Å². The number of carbonyl (C=O) groups is 2. The zero-order valence-corrected chi connectivity index (χ0v) is 13.1. The highest BCUT2D eigenvalue weighted by molar-refractivity contribution is 5.91. The molecule has 0 aromatic rings. The largest absolute Gasteiger partial charge is 0.462 e. The number of rotatable bonds is 7. The van der Waals surface area contributed by atoms with Crippen LogP contribution in [0, 0.1) is 5.92 Å². The minimum Gasteiger partial charge on any atom is -0.462 e. The molecular formula is C17H24O5. The highest BCUT2D eigenvalue weighted by Gasteiger charge is 2.27. The molecule has 2 fully saturated rings. The molecule has 1 aliphatic carbocycles. The van der Waals surface area contributed by atoms with Crippen LogP contribution in [0.1, 0.15) is 45.4 Å². The van der Waals surface area contributed by atoms with Crippen LogP contribution in [0.2, 0.25) is 0 Å². The van der Waals surface area contributed by atoms with E-state index in [0.29, 0.717) is 17.8 Å². The van der Waals surface area contributed by atoms with E-state index in [4.69, 9.17) is 14.2 Å². The third-order valence-electron chi connectivity index (χ3n) is 4.00. The van der Waals surface area contributed by atoms with Crippen LogP contribution in [0.4, 0.5) is 0 Å². The minimum atomic E-state index is -0.521. The van der Waals surface area contributed by atoms with Crippen molar-refractivity contribution in [2.75, 3.05) is 13.2 Å². The average molecular weight is 308 g/mol. The molecule has 0 spiro atoms. The van der Waals surface area contributed by atoms with E-state index in [2.05, 4.69) is 6.58 Å². The van der Waals surface area contributed by atoms with Gasteiger partial charge in [-0.05, 0) is 25.7 Å². The summed E-state index contributed by atoms with van der Waals surface area (Å²) in [5.74, 6) is -0.800. The maximum absolute atomic E-state index is 12.3. The normalized spacial score (nSPS) is 22.0. The summed E-state index contributed by atoms with van der Waals surface area (Å²) < 4.78 is 15.4. The Bertz CT molecular complexity index is 456. The van der Waals surface area contributed by atoms with Crippen LogP contribution in [0.3, 0.4) is 0 Å². The van der Waals surface area contributed by atoms with Gasteiger partial charge in [0.15, 0.2) is 0 Å². The number of ether oxygens (including phenoxy) is 3. The predicted molar refractivity (Wildman–Crippen MR) is 80.9 cm³/mol. The molecule has 5 nitrogen and oxygen atoms in total. The van der Waals surface area contributed by atoms with Gasteiger partial charge in [0.2, 0.25) is 0 Å². The summed E-state index contributed by atoms with van der Waals surface area (Å²) in [6.45, 7) is 6.19. The Morgan fingerprint density at radius 3 is 2.50 bits per heavy atom. The Hall–Kier alpha value is -1.62. The molecule has 1 atom stereocenters. The van der Waals surface area contributed by atoms with Gasteiger partial charge in [-0.3, -0.25) is 0 Å². The number of hydrogen-bond donors (Lipinski definition) is 0. The topological polar surface area (TPSA) is 65.1 Å². The molecule has 0 aromatic carbocycles. The van der Waals surface area contributed by atoms with Crippen LogP contribution >= 0.6 is 0 Å². The van der Waals surface area contributed by atoms with Crippen molar-refractivity contribution in [3.8, 4) is 0 Å². The van der Waals surface area contributed by atoms with Crippen molar-refractivity contribution in [2.24, 2.45) is 5.92 Å². The maximum Gasteiger partial charge on any atom is 0.337 e. The standard InChI is InChI=1S/C17H24O5/c1-12(2)16(18)22-11-15(13-6-4-3-5-7-13)17(19)20-9-8-14-10-21-14/h11,13-14H,1,3-10H2,2H3/b15-11-. The summed E-state index contributed by atoms with van der Waals surface area (Å²) in [7, 11) is 0. The molecular weight excluding hydrogens is 284 g/mol. The Labute approximate surface area is 131 Å². The lowest BCUT2D eigenvalue weighted by atomic mass is 9.84. The van der Waals surface area contributed by atoms with Gasteiger partial charge in [-0.25, -0.2) is 9.59 Å². The second-order valence-corrected chi connectivity index (χ2v) is 5.97. The molecule has 1 unspecified atom stereocenters. The molecule has 0 amide bonds. The minimum absolute atomic E-state index is 0.108. The Balaban J connectivity index is 1.95. The second kappa shape index (κ2) is 8.13. The van der Waals surface area contributed by atoms with Crippen LogP contribution in [0.15, 0.2) is 24.0 Å². The van der Waals surface area contributed by atoms with E-state index in [1.807, 2.05) is 0 Å². The lowest BCUT2D eigenvalue weighted by molar-refractivity contribution is -0.140. The lowest BCUT2D eigenvalue weighted by Crippen LogP contribution is -2.20. The molecule has 0 radical (unpaired) electrons. The van der Waals surface area contributed by atoms with Crippen molar-refractivity contribution in [1.29, 1.82) is 0 Å². The molecule has 5 heteroatoms. The van der Waals surface area contributed by atoms with Crippen molar-refractivity contribution < 1.29 is 23.8 Å². The van der Waals surface area contributed by atoms with E-state index in [-0.39, 0.29) is 18.0 Å². The Morgan fingerprint density at radius 1 is 1.23 bits per heavy atom. The Morgan fingerprint density at radius 2 is 1.91 bits per heavy atom. The van der Waals surface area contributed by atoms with Gasteiger partial charge in [0, 0.05) is 12.0 Å². The first-order valence-corrected chi connectivity index (χ1v) is 7.93. The Kier molecular flexibility index (Phi) is 6.19. The van der Waals surface area contributed by atoms with Crippen molar-refractivity contribution in [2.45, 2.75) is 51.6 Å². The summed E-state index contributed by atoms with van der Waals surface area (Å²) >= 11 is 0. The molecule has 2 rings (SSSR count). The fourth-order valence-corrected chi connectivity index (χ4v) is 2.54. The van der Waals surface area contributed by atoms with Gasteiger partial charge in [-0.1, -0.05) is 25.8 Å². The molecule has 22 heavy (non-hydrogen) atoms. The first-order valence-electron chi connectivity index (χ1n) is 7.93. The van der Waals surface area contributed by atoms with Crippen LogP contribution in [0.25, 0.3) is 0 Å². The first-order chi connectivity index (χ1) is 10.6. The second-order valence-electron chi connectivity index (χ2n) is 5.97. The van der Waals surface area contributed by atoms with Gasteiger partial charge in [0.25, 0.3) is 0 Å². The van der Waals surface area contributed by atoms with Gasteiger partial charge in [-0.15, -0.1) is 0 Å². The third-order valence-corrected chi connectivity index (χ3v) is 4.00. The number of esters is 2. The van der Waals surface area contributed by atoms with E-state index in [1.54, 1.807) is 6.92 Å². The van der Waals surface area contributed by atoms with Gasteiger partial charge >= 0.3 is 11.9 Å². The molecule has 1 saturated heterocycles.